The van der Waals surface area contributed by atoms with Crippen LogP contribution < -0.4 is 0 Å². The Labute approximate surface area is 59.7 Å². The van der Waals surface area contributed by atoms with Gasteiger partial charge in [-0.1, -0.05) is 13.3 Å². The number of carbonyl (C=O) groups is 1. The molecule has 0 aromatic heterocycles. The predicted molar refractivity (Wildman–Crippen MR) is 34.0 cm³/mol. The molecule has 0 radical (unpaired) electrons. The van der Waals surface area contributed by atoms with Gasteiger partial charge in [0, 0.05) is 0 Å². The van der Waals surface area contributed by atoms with Gasteiger partial charge < -0.3 is 5.11 Å². The lowest BCUT2D eigenvalue weighted by molar-refractivity contribution is -0.274. The summed E-state index contributed by atoms with van der Waals surface area (Å²) in [6.45, 7) is 1.76. The SMILES string of the molecule is CCCCOOC(=O)CO. The van der Waals surface area contributed by atoms with Crippen LogP contribution in [0.5, 0.6) is 0 Å². The molecule has 0 rings (SSSR count). The highest BCUT2D eigenvalue weighted by molar-refractivity contribution is 5.69. The van der Waals surface area contributed by atoms with Crippen LogP contribution in [0.3, 0.4) is 0 Å². The van der Waals surface area contributed by atoms with Crippen molar-refractivity contribution in [3.05, 3.63) is 0 Å². The molecule has 0 saturated carbocycles. The van der Waals surface area contributed by atoms with Crippen LogP contribution in [-0.2, 0) is 14.6 Å². The summed E-state index contributed by atoms with van der Waals surface area (Å²) >= 11 is 0. The van der Waals surface area contributed by atoms with Crippen LogP contribution in [0.15, 0.2) is 0 Å². The summed E-state index contributed by atoms with van der Waals surface area (Å²) < 4.78 is 0. The van der Waals surface area contributed by atoms with Crippen molar-refractivity contribution in [2.24, 2.45) is 0 Å². The standard InChI is InChI=1S/C6H12O4/c1-2-3-4-9-10-6(8)5-7/h7H,2-5H2,1H3. The van der Waals surface area contributed by atoms with E-state index in [4.69, 9.17) is 5.11 Å². The molecule has 1 N–H and O–H groups in total. The van der Waals surface area contributed by atoms with Crippen molar-refractivity contribution in [3.8, 4) is 0 Å². The third-order valence-electron chi connectivity index (χ3n) is 0.862. The second kappa shape index (κ2) is 6.51. The fourth-order valence-electron chi connectivity index (χ4n) is 0.337. The molecule has 10 heavy (non-hydrogen) atoms. The van der Waals surface area contributed by atoms with E-state index >= 15 is 0 Å². The monoisotopic (exact) mass is 148 g/mol. The molecule has 4 heteroatoms. The van der Waals surface area contributed by atoms with E-state index in [1.807, 2.05) is 6.92 Å². The van der Waals surface area contributed by atoms with Crippen molar-refractivity contribution in [1.29, 1.82) is 0 Å². The molecule has 0 amide bonds. The van der Waals surface area contributed by atoms with Gasteiger partial charge in [0.2, 0.25) is 0 Å². The fourth-order valence-corrected chi connectivity index (χ4v) is 0.337. The third kappa shape index (κ3) is 5.53. The maximum Gasteiger partial charge on any atom is 0.367 e. The molecule has 0 aliphatic heterocycles. The normalized spacial score (nSPS) is 9.40. The van der Waals surface area contributed by atoms with E-state index in [9.17, 15) is 4.79 Å². The molecule has 0 heterocycles. The van der Waals surface area contributed by atoms with Crippen LogP contribution in [0.2, 0.25) is 0 Å². The summed E-state index contributed by atoms with van der Waals surface area (Å²) in [6.07, 6.45) is 1.83. The maximum atomic E-state index is 10.2. The number of rotatable bonds is 5. The van der Waals surface area contributed by atoms with E-state index in [1.165, 1.54) is 0 Å². The first-order chi connectivity index (χ1) is 4.81. The highest BCUT2D eigenvalue weighted by Gasteiger charge is 1.98. The Hall–Kier alpha value is -0.610. The molecule has 0 aliphatic rings. The maximum absolute atomic E-state index is 10.2. The quantitative estimate of drug-likeness (QED) is 0.345. The summed E-state index contributed by atoms with van der Waals surface area (Å²) in [5.41, 5.74) is 0. The molecule has 0 bridgehead atoms. The van der Waals surface area contributed by atoms with Gasteiger partial charge in [-0.3, -0.25) is 4.89 Å². The van der Waals surface area contributed by atoms with Gasteiger partial charge in [0.15, 0.2) is 0 Å². The van der Waals surface area contributed by atoms with Crippen molar-refractivity contribution in [3.63, 3.8) is 0 Å². The van der Waals surface area contributed by atoms with Gasteiger partial charge in [0.1, 0.15) is 6.61 Å². The third-order valence-corrected chi connectivity index (χ3v) is 0.862. The Morgan fingerprint density at radius 3 is 2.80 bits per heavy atom. The topological polar surface area (TPSA) is 55.8 Å². The number of aliphatic hydroxyl groups excluding tert-OH is 1. The number of unbranched alkanes of at least 4 members (excludes halogenated alkanes) is 1. The lowest BCUT2D eigenvalue weighted by Crippen LogP contribution is -2.09. The molecule has 0 spiro atoms. The van der Waals surface area contributed by atoms with Gasteiger partial charge in [-0.05, 0) is 6.42 Å². The second-order valence-corrected chi connectivity index (χ2v) is 1.79. The molecule has 0 fully saturated rings. The van der Waals surface area contributed by atoms with Gasteiger partial charge >= 0.3 is 5.97 Å². The number of hydrogen-bond donors (Lipinski definition) is 1. The fraction of sp³-hybridized carbons (Fsp3) is 0.833. The molecule has 0 aromatic carbocycles. The zero-order valence-electron chi connectivity index (χ0n) is 6.00. The molecule has 4 nitrogen and oxygen atoms in total. The Bertz CT molecular complexity index is 91.7. The van der Waals surface area contributed by atoms with Crippen LogP contribution in [-0.4, -0.2) is 24.3 Å². The lowest BCUT2D eigenvalue weighted by atomic mass is 10.4. The van der Waals surface area contributed by atoms with Crippen molar-refractivity contribution in [1.82, 2.24) is 0 Å². The summed E-state index contributed by atoms with van der Waals surface area (Å²) in [5.74, 6) is -0.754. The molecule has 60 valence electrons. The van der Waals surface area contributed by atoms with Gasteiger partial charge in [-0.15, -0.1) is 0 Å². The van der Waals surface area contributed by atoms with E-state index in [0.717, 1.165) is 12.8 Å². The van der Waals surface area contributed by atoms with Crippen LogP contribution in [0, 0.1) is 0 Å². The average Bonchev–Trinajstić information content (AvgIpc) is 1.98. The first-order valence-electron chi connectivity index (χ1n) is 3.24. The Kier molecular flexibility index (Phi) is 6.11. The molecular formula is C6H12O4. The average molecular weight is 148 g/mol. The molecule has 0 saturated heterocycles. The van der Waals surface area contributed by atoms with Crippen LogP contribution >= 0.6 is 0 Å². The molecule has 0 aliphatic carbocycles. The minimum Gasteiger partial charge on any atom is -0.385 e. The first kappa shape index (κ1) is 9.39. The highest BCUT2D eigenvalue weighted by Crippen LogP contribution is 1.88. The lowest BCUT2D eigenvalue weighted by Gasteiger charge is -1.99. The van der Waals surface area contributed by atoms with Crippen LogP contribution in [0.1, 0.15) is 19.8 Å². The summed E-state index contributed by atoms with van der Waals surface area (Å²) in [4.78, 5) is 18.7. The van der Waals surface area contributed by atoms with Crippen molar-refractivity contribution in [2.45, 2.75) is 19.8 Å². The largest absolute Gasteiger partial charge is 0.385 e. The zero-order chi connectivity index (χ0) is 7.82. The van der Waals surface area contributed by atoms with Crippen LogP contribution in [0.4, 0.5) is 0 Å². The van der Waals surface area contributed by atoms with Gasteiger partial charge in [-0.25, -0.2) is 4.79 Å². The smallest absolute Gasteiger partial charge is 0.367 e. The predicted octanol–water partition coefficient (Wildman–Crippen LogP) is 0.254. The molecule has 0 unspecified atom stereocenters. The Morgan fingerprint density at radius 1 is 1.60 bits per heavy atom. The highest BCUT2D eigenvalue weighted by atomic mass is 17.2. The zero-order valence-corrected chi connectivity index (χ0v) is 6.00. The Morgan fingerprint density at radius 2 is 2.30 bits per heavy atom. The number of carbonyl (C=O) groups excluding carboxylic acids is 1. The van der Waals surface area contributed by atoms with Crippen molar-refractivity contribution < 1.29 is 19.7 Å². The minimum absolute atomic E-state index is 0.391. The van der Waals surface area contributed by atoms with E-state index in [0.29, 0.717) is 6.61 Å². The van der Waals surface area contributed by atoms with E-state index in [-0.39, 0.29) is 0 Å². The van der Waals surface area contributed by atoms with Gasteiger partial charge in [0.25, 0.3) is 0 Å². The van der Waals surface area contributed by atoms with Crippen molar-refractivity contribution >= 4 is 5.97 Å². The molecule has 0 aromatic rings. The molecule has 0 atom stereocenters. The molecular weight excluding hydrogens is 136 g/mol. The van der Waals surface area contributed by atoms with E-state index < -0.39 is 12.6 Å². The second-order valence-electron chi connectivity index (χ2n) is 1.79. The van der Waals surface area contributed by atoms with Crippen molar-refractivity contribution in [2.75, 3.05) is 13.2 Å². The summed E-state index contributed by atoms with van der Waals surface area (Å²) in [7, 11) is 0. The number of hydrogen-bond acceptors (Lipinski definition) is 4. The first-order valence-corrected chi connectivity index (χ1v) is 3.24. The van der Waals surface area contributed by atoms with Crippen LogP contribution in [0.25, 0.3) is 0 Å². The summed E-state index contributed by atoms with van der Waals surface area (Å²) in [6, 6.07) is 0. The Balaban J connectivity index is 2.96. The van der Waals surface area contributed by atoms with Gasteiger partial charge in [-0.2, -0.15) is 4.89 Å². The number of aliphatic hydroxyl groups is 1. The summed E-state index contributed by atoms with van der Waals surface area (Å²) in [5, 5.41) is 8.14. The van der Waals surface area contributed by atoms with E-state index in [1.54, 1.807) is 0 Å². The van der Waals surface area contributed by atoms with E-state index in [2.05, 4.69) is 9.78 Å². The van der Waals surface area contributed by atoms with Gasteiger partial charge in [0.05, 0.1) is 6.61 Å². The minimum atomic E-state index is -0.754.